The smallest absolute Gasteiger partial charge is 0.227 e. The van der Waals surface area contributed by atoms with Crippen LogP contribution in [0.1, 0.15) is 31.5 Å². The molecule has 0 radical (unpaired) electrons. The fourth-order valence-electron chi connectivity index (χ4n) is 2.81. The molecule has 0 spiro atoms. The van der Waals surface area contributed by atoms with E-state index in [2.05, 4.69) is 15.3 Å². The van der Waals surface area contributed by atoms with E-state index in [4.69, 9.17) is 0 Å². The minimum absolute atomic E-state index is 0.142. The largest absolute Gasteiger partial charge is 0.326 e. The molecule has 1 aliphatic carbocycles. The van der Waals surface area contributed by atoms with Gasteiger partial charge < -0.3 is 5.32 Å². The molecule has 1 aromatic carbocycles. The second-order valence-electron chi connectivity index (χ2n) is 5.54. The Morgan fingerprint density at radius 2 is 2.05 bits per heavy atom. The van der Waals surface area contributed by atoms with E-state index in [0.717, 1.165) is 35.6 Å². The number of amides is 1. The SMILES string of the molecule is Cc1nccc(-c2cccc(NC(=O)C3CCCC3)c2)n1. The molecule has 1 aromatic heterocycles. The van der Waals surface area contributed by atoms with Gasteiger partial charge in [-0.1, -0.05) is 25.0 Å². The molecule has 4 nitrogen and oxygen atoms in total. The van der Waals surface area contributed by atoms with Crippen LogP contribution >= 0.6 is 0 Å². The van der Waals surface area contributed by atoms with E-state index in [1.807, 2.05) is 37.3 Å². The highest BCUT2D eigenvalue weighted by Gasteiger charge is 2.22. The lowest BCUT2D eigenvalue weighted by molar-refractivity contribution is -0.119. The summed E-state index contributed by atoms with van der Waals surface area (Å²) in [7, 11) is 0. The number of aromatic nitrogens is 2. The maximum Gasteiger partial charge on any atom is 0.227 e. The predicted octanol–water partition coefficient (Wildman–Crippen LogP) is 3.58. The zero-order valence-corrected chi connectivity index (χ0v) is 12.2. The first kappa shape index (κ1) is 13.7. The van der Waals surface area contributed by atoms with Gasteiger partial charge in [-0.2, -0.15) is 0 Å². The summed E-state index contributed by atoms with van der Waals surface area (Å²) in [4.78, 5) is 20.7. The molecule has 0 atom stereocenters. The maximum atomic E-state index is 12.2. The van der Waals surface area contributed by atoms with E-state index in [-0.39, 0.29) is 11.8 Å². The number of carbonyl (C=O) groups excluding carboxylic acids is 1. The Balaban J connectivity index is 1.78. The Bertz CT molecular complexity index is 648. The molecule has 1 saturated carbocycles. The van der Waals surface area contributed by atoms with Crippen molar-refractivity contribution in [1.29, 1.82) is 0 Å². The number of nitrogens with one attached hydrogen (secondary N) is 1. The van der Waals surface area contributed by atoms with Gasteiger partial charge in [-0.25, -0.2) is 9.97 Å². The minimum atomic E-state index is 0.142. The first-order valence-corrected chi connectivity index (χ1v) is 7.43. The highest BCUT2D eigenvalue weighted by Crippen LogP contribution is 2.27. The highest BCUT2D eigenvalue weighted by atomic mass is 16.1. The van der Waals surface area contributed by atoms with Gasteiger partial charge in [-0.05, 0) is 38.0 Å². The Hall–Kier alpha value is -2.23. The number of hydrogen-bond donors (Lipinski definition) is 1. The highest BCUT2D eigenvalue weighted by molar-refractivity contribution is 5.93. The van der Waals surface area contributed by atoms with Gasteiger partial charge >= 0.3 is 0 Å². The fourth-order valence-corrected chi connectivity index (χ4v) is 2.81. The third-order valence-electron chi connectivity index (χ3n) is 3.93. The topological polar surface area (TPSA) is 54.9 Å². The van der Waals surface area contributed by atoms with E-state index in [1.54, 1.807) is 6.20 Å². The third-order valence-corrected chi connectivity index (χ3v) is 3.93. The maximum absolute atomic E-state index is 12.2. The van der Waals surface area contributed by atoms with Gasteiger partial charge in [-0.3, -0.25) is 4.79 Å². The molecule has 1 aliphatic rings. The molecule has 1 amide bonds. The third kappa shape index (κ3) is 3.27. The normalized spacial score (nSPS) is 15.1. The fraction of sp³-hybridized carbons (Fsp3) is 0.353. The molecule has 2 aromatic rings. The van der Waals surface area contributed by atoms with E-state index in [1.165, 1.54) is 12.8 Å². The summed E-state index contributed by atoms with van der Waals surface area (Å²) < 4.78 is 0. The zero-order valence-electron chi connectivity index (χ0n) is 12.2. The van der Waals surface area contributed by atoms with Crippen LogP contribution < -0.4 is 5.32 Å². The molecule has 0 saturated heterocycles. The van der Waals surface area contributed by atoms with Crippen LogP contribution in [0, 0.1) is 12.8 Å². The predicted molar refractivity (Wildman–Crippen MR) is 82.8 cm³/mol. The summed E-state index contributed by atoms with van der Waals surface area (Å²) in [5.74, 6) is 1.06. The molecular weight excluding hydrogens is 262 g/mol. The molecule has 0 unspecified atom stereocenters. The van der Waals surface area contributed by atoms with Crippen LogP contribution in [0.15, 0.2) is 36.5 Å². The molecule has 1 fully saturated rings. The van der Waals surface area contributed by atoms with E-state index in [9.17, 15) is 4.79 Å². The number of carbonyl (C=O) groups is 1. The van der Waals surface area contributed by atoms with Crippen molar-refractivity contribution in [2.45, 2.75) is 32.6 Å². The molecular formula is C17H19N3O. The van der Waals surface area contributed by atoms with Crippen molar-refractivity contribution in [2.75, 3.05) is 5.32 Å². The van der Waals surface area contributed by atoms with E-state index >= 15 is 0 Å². The average Bonchev–Trinajstić information content (AvgIpc) is 3.02. The Morgan fingerprint density at radius 1 is 1.24 bits per heavy atom. The van der Waals surface area contributed by atoms with Crippen molar-refractivity contribution < 1.29 is 4.79 Å². The van der Waals surface area contributed by atoms with Crippen LogP contribution in [-0.4, -0.2) is 15.9 Å². The standard InChI is InChI=1S/C17H19N3O/c1-12-18-10-9-16(19-12)14-7-4-8-15(11-14)20-17(21)13-5-2-3-6-13/h4,7-11,13H,2-3,5-6H2,1H3,(H,20,21). The van der Waals surface area contributed by atoms with Crippen molar-refractivity contribution in [2.24, 2.45) is 5.92 Å². The van der Waals surface area contributed by atoms with Gasteiger partial charge in [0.15, 0.2) is 0 Å². The van der Waals surface area contributed by atoms with Crippen LogP contribution in [0.5, 0.6) is 0 Å². The molecule has 3 rings (SSSR count). The first-order chi connectivity index (χ1) is 10.2. The van der Waals surface area contributed by atoms with Crippen molar-refractivity contribution in [3.8, 4) is 11.3 Å². The summed E-state index contributed by atoms with van der Waals surface area (Å²) in [5, 5.41) is 3.03. The quantitative estimate of drug-likeness (QED) is 0.935. The zero-order chi connectivity index (χ0) is 14.7. The lowest BCUT2D eigenvalue weighted by Gasteiger charge is -2.11. The van der Waals surface area contributed by atoms with E-state index in [0.29, 0.717) is 0 Å². The van der Waals surface area contributed by atoms with Crippen LogP contribution in [0.2, 0.25) is 0 Å². The van der Waals surface area contributed by atoms with Gasteiger partial charge in [0, 0.05) is 23.4 Å². The summed E-state index contributed by atoms with van der Waals surface area (Å²) in [6.45, 7) is 1.87. The van der Waals surface area contributed by atoms with Gasteiger partial charge in [0.05, 0.1) is 5.69 Å². The van der Waals surface area contributed by atoms with Gasteiger partial charge in [0.1, 0.15) is 5.82 Å². The van der Waals surface area contributed by atoms with Crippen molar-refractivity contribution >= 4 is 11.6 Å². The number of rotatable bonds is 3. The van der Waals surface area contributed by atoms with Crippen LogP contribution in [0.4, 0.5) is 5.69 Å². The van der Waals surface area contributed by atoms with E-state index < -0.39 is 0 Å². The molecule has 1 N–H and O–H groups in total. The number of nitrogens with zero attached hydrogens (tertiary/aromatic N) is 2. The Morgan fingerprint density at radius 3 is 2.81 bits per heavy atom. The van der Waals surface area contributed by atoms with Crippen molar-refractivity contribution in [3.05, 3.63) is 42.4 Å². The lowest BCUT2D eigenvalue weighted by Crippen LogP contribution is -2.20. The Kier molecular flexibility index (Phi) is 3.95. The van der Waals surface area contributed by atoms with Gasteiger partial charge in [-0.15, -0.1) is 0 Å². The monoisotopic (exact) mass is 281 g/mol. The number of anilines is 1. The average molecular weight is 281 g/mol. The first-order valence-electron chi connectivity index (χ1n) is 7.43. The summed E-state index contributed by atoms with van der Waals surface area (Å²) >= 11 is 0. The molecule has 4 heteroatoms. The minimum Gasteiger partial charge on any atom is -0.326 e. The summed E-state index contributed by atoms with van der Waals surface area (Å²) in [6.07, 6.45) is 6.10. The van der Waals surface area contributed by atoms with Gasteiger partial charge in [0.2, 0.25) is 5.91 Å². The van der Waals surface area contributed by atoms with Gasteiger partial charge in [0.25, 0.3) is 0 Å². The van der Waals surface area contributed by atoms with Crippen LogP contribution in [0.3, 0.4) is 0 Å². The number of hydrogen-bond acceptors (Lipinski definition) is 3. The van der Waals surface area contributed by atoms with Crippen LogP contribution in [-0.2, 0) is 4.79 Å². The molecule has 0 aliphatic heterocycles. The number of aryl methyl sites for hydroxylation is 1. The van der Waals surface area contributed by atoms with Crippen molar-refractivity contribution in [1.82, 2.24) is 9.97 Å². The Labute approximate surface area is 124 Å². The molecule has 0 bridgehead atoms. The second kappa shape index (κ2) is 6.04. The number of benzene rings is 1. The van der Waals surface area contributed by atoms with Crippen molar-refractivity contribution in [3.63, 3.8) is 0 Å². The van der Waals surface area contributed by atoms with Crippen LogP contribution in [0.25, 0.3) is 11.3 Å². The molecule has 1 heterocycles. The molecule has 21 heavy (non-hydrogen) atoms. The lowest BCUT2D eigenvalue weighted by atomic mass is 10.1. The molecule has 108 valence electrons. The second-order valence-corrected chi connectivity index (χ2v) is 5.54. The summed E-state index contributed by atoms with van der Waals surface area (Å²) in [6, 6.07) is 9.70. The summed E-state index contributed by atoms with van der Waals surface area (Å²) in [5.41, 5.74) is 2.70.